The molecule has 106 valence electrons. The van der Waals surface area contributed by atoms with Crippen LogP contribution >= 0.6 is 0 Å². The summed E-state index contributed by atoms with van der Waals surface area (Å²) in [5.41, 5.74) is 4.13. The molecule has 1 heterocycles. The second-order valence-electron chi connectivity index (χ2n) is 6.14. The van der Waals surface area contributed by atoms with Crippen LogP contribution in [0.15, 0.2) is 18.2 Å². The van der Waals surface area contributed by atoms with E-state index in [1.165, 1.54) is 55.6 Å². The van der Waals surface area contributed by atoms with Crippen LogP contribution in [-0.4, -0.2) is 30.6 Å². The van der Waals surface area contributed by atoms with E-state index in [4.69, 9.17) is 0 Å². The van der Waals surface area contributed by atoms with Gasteiger partial charge < -0.3 is 10.2 Å². The highest BCUT2D eigenvalue weighted by Gasteiger charge is 2.12. The average molecular weight is 260 g/mol. The number of piperidine rings is 1. The molecule has 1 aromatic carbocycles. The molecule has 1 unspecified atom stereocenters. The molecule has 0 spiro atoms. The Kier molecular flexibility index (Phi) is 5.41. The number of nitrogens with one attached hydrogen (secondary N) is 1. The molecule has 2 rings (SSSR count). The van der Waals surface area contributed by atoms with Crippen molar-refractivity contribution < 1.29 is 0 Å². The standard InChI is InChI=1S/C17H28N2/c1-14-9-15(2)11-17(10-14)12-18-16(3)13-19-7-5-4-6-8-19/h9-11,16,18H,4-8,12-13H2,1-3H3. The van der Waals surface area contributed by atoms with Crippen molar-refractivity contribution in [1.82, 2.24) is 10.2 Å². The van der Waals surface area contributed by atoms with Crippen molar-refractivity contribution in [3.05, 3.63) is 34.9 Å². The zero-order chi connectivity index (χ0) is 13.7. The second-order valence-corrected chi connectivity index (χ2v) is 6.14. The minimum atomic E-state index is 0.568. The van der Waals surface area contributed by atoms with Gasteiger partial charge in [0.1, 0.15) is 0 Å². The molecule has 0 aromatic heterocycles. The van der Waals surface area contributed by atoms with Gasteiger partial charge in [0, 0.05) is 19.1 Å². The van der Waals surface area contributed by atoms with Gasteiger partial charge in [0.05, 0.1) is 0 Å². The fourth-order valence-corrected chi connectivity index (χ4v) is 3.06. The minimum Gasteiger partial charge on any atom is -0.309 e. The smallest absolute Gasteiger partial charge is 0.0208 e. The van der Waals surface area contributed by atoms with Crippen LogP contribution in [-0.2, 0) is 6.54 Å². The van der Waals surface area contributed by atoms with Gasteiger partial charge in [0.25, 0.3) is 0 Å². The van der Waals surface area contributed by atoms with Crippen LogP contribution in [0.3, 0.4) is 0 Å². The van der Waals surface area contributed by atoms with Gasteiger partial charge in [-0.3, -0.25) is 0 Å². The molecule has 0 radical (unpaired) electrons. The molecular weight excluding hydrogens is 232 g/mol. The van der Waals surface area contributed by atoms with Crippen LogP contribution < -0.4 is 5.32 Å². The van der Waals surface area contributed by atoms with Gasteiger partial charge in [-0.2, -0.15) is 0 Å². The molecule has 1 N–H and O–H groups in total. The molecule has 1 fully saturated rings. The summed E-state index contributed by atoms with van der Waals surface area (Å²) in [6.45, 7) is 11.4. The number of likely N-dealkylation sites (tertiary alicyclic amines) is 1. The van der Waals surface area contributed by atoms with E-state index in [9.17, 15) is 0 Å². The van der Waals surface area contributed by atoms with Crippen molar-refractivity contribution in [3.63, 3.8) is 0 Å². The lowest BCUT2D eigenvalue weighted by atomic mass is 10.1. The maximum Gasteiger partial charge on any atom is 0.0208 e. The van der Waals surface area contributed by atoms with Crippen LogP contribution in [0, 0.1) is 13.8 Å². The summed E-state index contributed by atoms with van der Waals surface area (Å²) in [7, 11) is 0. The third-order valence-electron chi connectivity index (χ3n) is 3.92. The van der Waals surface area contributed by atoms with E-state index in [0.29, 0.717) is 6.04 Å². The largest absolute Gasteiger partial charge is 0.309 e. The number of hydrogen-bond donors (Lipinski definition) is 1. The van der Waals surface area contributed by atoms with E-state index >= 15 is 0 Å². The SMILES string of the molecule is Cc1cc(C)cc(CNC(C)CN2CCCCC2)c1. The highest BCUT2D eigenvalue weighted by atomic mass is 15.1. The summed E-state index contributed by atoms with van der Waals surface area (Å²) >= 11 is 0. The predicted molar refractivity (Wildman–Crippen MR) is 82.5 cm³/mol. The Morgan fingerprint density at radius 3 is 2.32 bits per heavy atom. The summed E-state index contributed by atoms with van der Waals surface area (Å²) in [6.07, 6.45) is 4.18. The number of hydrogen-bond acceptors (Lipinski definition) is 2. The fourth-order valence-electron chi connectivity index (χ4n) is 3.06. The molecule has 1 aliphatic rings. The molecule has 1 aromatic rings. The summed E-state index contributed by atoms with van der Waals surface area (Å²) in [5.74, 6) is 0. The summed E-state index contributed by atoms with van der Waals surface area (Å²) < 4.78 is 0. The lowest BCUT2D eigenvalue weighted by molar-refractivity contribution is 0.209. The Hall–Kier alpha value is -0.860. The first-order valence-electron chi connectivity index (χ1n) is 7.66. The molecule has 2 nitrogen and oxygen atoms in total. The first-order chi connectivity index (χ1) is 9.13. The van der Waals surface area contributed by atoms with Crippen LogP contribution in [0.25, 0.3) is 0 Å². The lowest BCUT2D eigenvalue weighted by Gasteiger charge is -2.29. The molecule has 1 atom stereocenters. The van der Waals surface area contributed by atoms with Gasteiger partial charge in [0.2, 0.25) is 0 Å². The molecule has 0 saturated carbocycles. The first-order valence-corrected chi connectivity index (χ1v) is 7.66. The van der Waals surface area contributed by atoms with E-state index in [0.717, 1.165) is 6.54 Å². The predicted octanol–water partition coefficient (Wildman–Crippen LogP) is 3.27. The number of nitrogens with zero attached hydrogens (tertiary/aromatic N) is 1. The summed E-state index contributed by atoms with van der Waals surface area (Å²) in [5, 5.41) is 3.66. The van der Waals surface area contributed by atoms with Gasteiger partial charge in [-0.1, -0.05) is 35.7 Å². The van der Waals surface area contributed by atoms with Crippen molar-refractivity contribution in [1.29, 1.82) is 0 Å². The number of benzene rings is 1. The zero-order valence-electron chi connectivity index (χ0n) is 12.7. The normalized spacial score (nSPS) is 18.5. The first kappa shape index (κ1) is 14.5. The zero-order valence-corrected chi connectivity index (χ0v) is 12.7. The molecule has 2 heteroatoms. The second kappa shape index (κ2) is 7.06. The molecule has 19 heavy (non-hydrogen) atoms. The van der Waals surface area contributed by atoms with Gasteiger partial charge in [-0.15, -0.1) is 0 Å². The Bertz CT molecular complexity index is 374. The van der Waals surface area contributed by atoms with E-state index in [-0.39, 0.29) is 0 Å². The van der Waals surface area contributed by atoms with Crippen LogP contribution in [0.2, 0.25) is 0 Å². The molecule has 0 amide bonds. The van der Waals surface area contributed by atoms with Gasteiger partial charge in [0.15, 0.2) is 0 Å². The van der Waals surface area contributed by atoms with Gasteiger partial charge in [-0.05, 0) is 52.3 Å². The van der Waals surface area contributed by atoms with Crippen molar-refractivity contribution >= 4 is 0 Å². The monoisotopic (exact) mass is 260 g/mol. The highest BCUT2D eigenvalue weighted by Crippen LogP contribution is 2.10. The van der Waals surface area contributed by atoms with Gasteiger partial charge in [-0.25, -0.2) is 0 Å². The van der Waals surface area contributed by atoms with Crippen molar-refractivity contribution in [2.24, 2.45) is 0 Å². The van der Waals surface area contributed by atoms with E-state index < -0.39 is 0 Å². The summed E-state index contributed by atoms with van der Waals surface area (Å²) in [6, 6.07) is 7.38. The number of rotatable bonds is 5. The molecular formula is C17H28N2. The highest BCUT2D eigenvalue weighted by molar-refractivity contribution is 5.28. The Morgan fingerprint density at radius 1 is 1.05 bits per heavy atom. The van der Waals surface area contributed by atoms with E-state index in [1.54, 1.807) is 0 Å². The third-order valence-corrected chi connectivity index (χ3v) is 3.92. The molecule has 1 saturated heterocycles. The van der Waals surface area contributed by atoms with E-state index in [2.05, 4.69) is 49.2 Å². The van der Waals surface area contributed by atoms with Crippen LogP contribution in [0.4, 0.5) is 0 Å². The van der Waals surface area contributed by atoms with Crippen molar-refractivity contribution in [3.8, 4) is 0 Å². The Balaban J connectivity index is 1.77. The van der Waals surface area contributed by atoms with Crippen molar-refractivity contribution in [2.45, 2.75) is 52.6 Å². The van der Waals surface area contributed by atoms with Gasteiger partial charge >= 0.3 is 0 Å². The number of aryl methyl sites for hydroxylation is 2. The maximum atomic E-state index is 3.66. The third kappa shape index (κ3) is 4.96. The minimum absolute atomic E-state index is 0.568. The fraction of sp³-hybridized carbons (Fsp3) is 0.647. The average Bonchev–Trinajstić information content (AvgIpc) is 2.36. The van der Waals surface area contributed by atoms with Crippen LogP contribution in [0.5, 0.6) is 0 Å². The lowest BCUT2D eigenvalue weighted by Crippen LogP contribution is -2.41. The van der Waals surface area contributed by atoms with E-state index in [1.807, 2.05) is 0 Å². The molecule has 0 aliphatic carbocycles. The Morgan fingerprint density at radius 2 is 1.68 bits per heavy atom. The molecule has 1 aliphatic heterocycles. The van der Waals surface area contributed by atoms with Crippen molar-refractivity contribution in [2.75, 3.05) is 19.6 Å². The molecule has 0 bridgehead atoms. The topological polar surface area (TPSA) is 15.3 Å². The Labute approximate surface area is 118 Å². The van der Waals surface area contributed by atoms with Crippen LogP contribution in [0.1, 0.15) is 42.9 Å². The maximum absolute atomic E-state index is 3.66. The quantitative estimate of drug-likeness (QED) is 0.874. The summed E-state index contributed by atoms with van der Waals surface area (Å²) in [4.78, 5) is 2.60.